The van der Waals surface area contributed by atoms with Gasteiger partial charge in [-0.3, -0.25) is 13.9 Å². The van der Waals surface area contributed by atoms with E-state index in [4.69, 9.17) is 4.74 Å². The van der Waals surface area contributed by atoms with Gasteiger partial charge in [0.15, 0.2) is 11.2 Å². The molecule has 0 spiro atoms. The van der Waals surface area contributed by atoms with E-state index in [0.717, 1.165) is 4.57 Å². The third-order valence-corrected chi connectivity index (χ3v) is 3.56. The fraction of sp³-hybridized carbons (Fsp3) is 0.267. The van der Waals surface area contributed by atoms with Gasteiger partial charge in [0, 0.05) is 14.1 Å². The number of nitrogens with zero attached hydrogens (tertiary/aromatic N) is 4. The molecule has 2 aromatic heterocycles. The summed E-state index contributed by atoms with van der Waals surface area (Å²) in [6.07, 6.45) is 0. The molecule has 118 valence electrons. The summed E-state index contributed by atoms with van der Waals surface area (Å²) in [6, 6.07) is 4.69. The van der Waals surface area contributed by atoms with Crippen molar-refractivity contribution >= 4 is 28.2 Å². The highest BCUT2D eigenvalue weighted by Gasteiger charge is 2.14. The molecule has 0 aliphatic carbocycles. The highest BCUT2D eigenvalue weighted by Crippen LogP contribution is 2.15. The lowest BCUT2D eigenvalue weighted by molar-refractivity contribution is 0.0526. The SMILES string of the molecule is CCOC(=O)c1ccc2nc3c(nc2c1)c(=O)n(C)c(=O)n3C. The predicted octanol–water partition coefficient (Wildman–Crippen LogP) is 0.357. The van der Waals surface area contributed by atoms with Crippen molar-refractivity contribution in [2.75, 3.05) is 6.61 Å². The van der Waals surface area contributed by atoms with Gasteiger partial charge < -0.3 is 4.74 Å². The van der Waals surface area contributed by atoms with E-state index in [9.17, 15) is 14.4 Å². The van der Waals surface area contributed by atoms with E-state index >= 15 is 0 Å². The predicted molar refractivity (Wildman–Crippen MR) is 83.5 cm³/mol. The van der Waals surface area contributed by atoms with Crippen LogP contribution in [0.2, 0.25) is 0 Å². The standard InChI is InChI=1S/C15H14N4O4/c1-4-23-14(21)8-5-6-9-10(7-8)16-11-12(17-9)18(2)15(22)19(3)13(11)20/h5-7H,4H2,1-3H3. The summed E-state index contributed by atoms with van der Waals surface area (Å²) >= 11 is 0. The van der Waals surface area contributed by atoms with Crippen molar-refractivity contribution in [3.05, 3.63) is 44.6 Å². The number of rotatable bonds is 2. The summed E-state index contributed by atoms with van der Waals surface area (Å²) in [5, 5.41) is 0. The molecule has 23 heavy (non-hydrogen) atoms. The fourth-order valence-corrected chi connectivity index (χ4v) is 2.33. The molecule has 0 bridgehead atoms. The van der Waals surface area contributed by atoms with Crippen LogP contribution in [-0.2, 0) is 18.8 Å². The van der Waals surface area contributed by atoms with Crippen molar-refractivity contribution < 1.29 is 9.53 Å². The molecule has 0 amide bonds. The van der Waals surface area contributed by atoms with E-state index in [1.807, 2.05) is 0 Å². The average molecular weight is 314 g/mol. The van der Waals surface area contributed by atoms with Crippen LogP contribution >= 0.6 is 0 Å². The van der Waals surface area contributed by atoms with E-state index < -0.39 is 17.2 Å². The molecular weight excluding hydrogens is 300 g/mol. The lowest BCUT2D eigenvalue weighted by atomic mass is 10.2. The van der Waals surface area contributed by atoms with Crippen molar-refractivity contribution in [2.24, 2.45) is 14.1 Å². The van der Waals surface area contributed by atoms with Crippen LogP contribution in [0.25, 0.3) is 22.2 Å². The number of hydrogen-bond acceptors (Lipinski definition) is 6. The fourth-order valence-electron chi connectivity index (χ4n) is 2.33. The molecule has 0 N–H and O–H groups in total. The minimum Gasteiger partial charge on any atom is -0.462 e. The number of benzene rings is 1. The molecule has 8 nitrogen and oxygen atoms in total. The first-order valence-corrected chi connectivity index (χ1v) is 6.98. The Hall–Kier alpha value is -3.03. The third kappa shape index (κ3) is 2.28. The highest BCUT2D eigenvalue weighted by atomic mass is 16.5. The number of aryl methyl sites for hydroxylation is 1. The first kappa shape index (κ1) is 14.9. The van der Waals surface area contributed by atoms with Gasteiger partial charge in [-0.2, -0.15) is 0 Å². The maximum Gasteiger partial charge on any atom is 0.338 e. The Morgan fingerprint density at radius 1 is 1.13 bits per heavy atom. The number of fused-ring (bicyclic) bond motifs is 2. The van der Waals surface area contributed by atoms with E-state index in [1.165, 1.54) is 24.7 Å². The second kappa shape index (κ2) is 5.31. The Morgan fingerprint density at radius 2 is 1.87 bits per heavy atom. The van der Waals surface area contributed by atoms with Gasteiger partial charge in [0.2, 0.25) is 0 Å². The number of carbonyl (C=O) groups excluding carboxylic acids is 1. The molecule has 0 aliphatic rings. The molecule has 2 heterocycles. The van der Waals surface area contributed by atoms with Gasteiger partial charge in [-0.15, -0.1) is 0 Å². The van der Waals surface area contributed by atoms with Gasteiger partial charge in [-0.25, -0.2) is 19.6 Å². The van der Waals surface area contributed by atoms with Crippen molar-refractivity contribution in [1.29, 1.82) is 0 Å². The van der Waals surface area contributed by atoms with Crippen molar-refractivity contribution in [1.82, 2.24) is 19.1 Å². The Morgan fingerprint density at radius 3 is 2.57 bits per heavy atom. The van der Waals surface area contributed by atoms with Crippen LogP contribution in [0.4, 0.5) is 0 Å². The van der Waals surface area contributed by atoms with Crippen molar-refractivity contribution in [3.63, 3.8) is 0 Å². The molecule has 0 fully saturated rings. The van der Waals surface area contributed by atoms with Crippen molar-refractivity contribution in [3.8, 4) is 0 Å². The average Bonchev–Trinajstić information content (AvgIpc) is 2.56. The van der Waals surface area contributed by atoms with Gasteiger partial charge in [-0.05, 0) is 25.1 Å². The van der Waals surface area contributed by atoms with E-state index in [0.29, 0.717) is 16.6 Å². The summed E-state index contributed by atoms with van der Waals surface area (Å²) < 4.78 is 7.18. The minimum atomic E-state index is -0.529. The van der Waals surface area contributed by atoms with Crippen LogP contribution in [-0.4, -0.2) is 31.7 Å². The molecule has 0 saturated heterocycles. The third-order valence-electron chi connectivity index (χ3n) is 3.56. The van der Waals surface area contributed by atoms with E-state index in [1.54, 1.807) is 19.1 Å². The topological polar surface area (TPSA) is 96.1 Å². The Kier molecular flexibility index (Phi) is 3.44. The van der Waals surface area contributed by atoms with Crippen LogP contribution < -0.4 is 11.2 Å². The van der Waals surface area contributed by atoms with Crippen LogP contribution in [0, 0.1) is 0 Å². The number of ether oxygens (including phenoxy) is 1. The summed E-state index contributed by atoms with van der Waals surface area (Å²) in [5.74, 6) is -0.468. The van der Waals surface area contributed by atoms with Crippen LogP contribution in [0.15, 0.2) is 27.8 Å². The Balaban J connectivity index is 2.35. The summed E-state index contributed by atoms with van der Waals surface area (Å²) in [6.45, 7) is 1.99. The molecule has 0 atom stereocenters. The maximum atomic E-state index is 12.2. The molecule has 3 rings (SSSR count). The number of carbonyl (C=O) groups is 1. The summed E-state index contributed by atoms with van der Waals surface area (Å²) in [5.41, 5.74) is 0.471. The zero-order valence-electron chi connectivity index (χ0n) is 12.9. The second-order valence-corrected chi connectivity index (χ2v) is 5.03. The molecule has 0 saturated carbocycles. The van der Waals surface area contributed by atoms with Gasteiger partial charge in [0.05, 0.1) is 23.2 Å². The first-order chi connectivity index (χ1) is 10.9. The Labute approximate surface area is 130 Å². The number of esters is 1. The zero-order chi connectivity index (χ0) is 16.7. The summed E-state index contributed by atoms with van der Waals surface area (Å²) in [4.78, 5) is 44.6. The zero-order valence-corrected chi connectivity index (χ0v) is 12.9. The number of aromatic nitrogens is 4. The van der Waals surface area contributed by atoms with Crippen LogP contribution in [0.5, 0.6) is 0 Å². The number of hydrogen-bond donors (Lipinski definition) is 0. The van der Waals surface area contributed by atoms with Crippen LogP contribution in [0.3, 0.4) is 0 Å². The van der Waals surface area contributed by atoms with Crippen molar-refractivity contribution in [2.45, 2.75) is 6.92 Å². The largest absolute Gasteiger partial charge is 0.462 e. The lowest BCUT2D eigenvalue weighted by Crippen LogP contribution is -2.37. The quantitative estimate of drug-likeness (QED) is 0.500. The molecule has 0 radical (unpaired) electrons. The summed E-state index contributed by atoms with van der Waals surface area (Å²) in [7, 11) is 2.91. The monoisotopic (exact) mass is 314 g/mol. The second-order valence-electron chi connectivity index (χ2n) is 5.03. The molecule has 3 aromatic rings. The normalized spacial score (nSPS) is 11.1. The van der Waals surface area contributed by atoms with E-state index in [-0.39, 0.29) is 17.8 Å². The molecule has 8 heteroatoms. The first-order valence-electron chi connectivity index (χ1n) is 6.98. The maximum absolute atomic E-state index is 12.2. The minimum absolute atomic E-state index is 0.0723. The Bertz CT molecular complexity index is 1060. The highest BCUT2D eigenvalue weighted by molar-refractivity contribution is 5.94. The smallest absolute Gasteiger partial charge is 0.338 e. The van der Waals surface area contributed by atoms with E-state index in [2.05, 4.69) is 9.97 Å². The lowest BCUT2D eigenvalue weighted by Gasteiger charge is -2.08. The molecule has 1 aromatic carbocycles. The van der Waals surface area contributed by atoms with Crippen LogP contribution in [0.1, 0.15) is 17.3 Å². The van der Waals surface area contributed by atoms with Gasteiger partial charge in [0.25, 0.3) is 5.56 Å². The molecule has 0 unspecified atom stereocenters. The van der Waals surface area contributed by atoms with Gasteiger partial charge in [-0.1, -0.05) is 0 Å². The molecular formula is C15H14N4O4. The van der Waals surface area contributed by atoms with Gasteiger partial charge >= 0.3 is 11.7 Å². The molecule has 0 aliphatic heterocycles. The van der Waals surface area contributed by atoms with Gasteiger partial charge in [0.1, 0.15) is 0 Å².